The van der Waals surface area contributed by atoms with E-state index in [1.54, 1.807) is 36.4 Å². The monoisotopic (exact) mass is 556 g/mol. The molecule has 0 spiro atoms. The number of aromatic hydroxyl groups is 4. The molecule has 208 valence electrons. The van der Waals surface area contributed by atoms with Gasteiger partial charge in [0.25, 0.3) is 0 Å². The average molecular weight is 557 g/mol. The Morgan fingerprint density at radius 2 is 1.24 bits per heavy atom. The third-order valence-corrected chi connectivity index (χ3v) is 7.03. The van der Waals surface area contributed by atoms with E-state index < -0.39 is 12.2 Å². The van der Waals surface area contributed by atoms with Crippen molar-refractivity contribution in [3.05, 3.63) is 89.0 Å². The molecule has 2 aliphatic heterocycles. The summed E-state index contributed by atoms with van der Waals surface area (Å²) in [7, 11) is 1.44. The number of rotatable bonds is 5. The van der Waals surface area contributed by atoms with Crippen molar-refractivity contribution in [2.24, 2.45) is 0 Å². The van der Waals surface area contributed by atoms with E-state index in [4.69, 9.17) is 18.9 Å². The Morgan fingerprint density at radius 1 is 0.659 bits per heavy atom. The molecule has 6 rings (SSSR count). The molecule has 0 aliphatic carbocycles. The van der Waals surface area contributed by atoms with Crippen LogP contribution >= 0.6 is 0 Å². The molecule has 0 radical (unpaired) electrons. The number of phenols is 4. The smallest absolute Gasteiger partial charge is 0.174 e. The Labute approximate surface area is 233 Å². The first-order valence-electron chi connectivity index (χ1n) is 12.7. The van der Waals surface area contributed by atoms with Gasteiger partial charge in [0, 0.05) is 24.3 Å². The fourth-order valence-electron chi connectivity index (χ4n) is 5.02. The second-order valence-electron chi connectivity index (χ2n) is 9.72. The van der Waals surface area contributed by atoms with Gasteiger partial charge in [-0.1, -0.05) is 18.2 Å². The number of Topliss-reactive ketones (excluding diaryl/α,β-unsaturated/α-hetero) is 2. The maximum atomic E-state index is 12.8. The molecule has 2 aliphatic rings. The molecule has 2 unspecified atom stereocenters. The summed E-state index contributed by atoms with van der Waals surface area (Å²) in [5.74, 6) is -0.331. The zero-order chi connectivity index (χ0) is 28.8. The van der Waals surface area contributed by atoms with Crippen molar-refractivity contribution in [3.63, 3.8) is 0 Å². The van der Waals surface area contributed by atoms with Gasteiger partial charge < -0.3 is 39.4 Å². The van der Waals surface area contributed by atoms with E-state index in [-0.39, 0.29) is 75.8 Å². The summed E-state index contributed by atoms with van der Waals surface area (Å²) in [6.45, 7) is 0. The minimum Gasteiger partial charge on any atom is -0.508 e. The number of benzene rings is 4. The van der Waals surface area contributed by atoms with E-state index in [2.05, 4.69) is 0 Å². The molecule has 2 atom stereocenters. The Bertz CT molecular complexity index is 1690. The van der Waals surface area contributed by atoms with Crippen LogP contribution in [-0.2, 0) is 0 Å². The topological polar surface area (TPSA) is 152 Å². The maximum Gasteiger partial charge on any atom is 0.174 e. The molecule has 0 saturated heterocycles. The molecule has 0 aromatic heterocycles. The number of fused-ring (bicyclic) bond motifs is 2. The van der Waals surface area contributed by atoms with Crippen molar-refractivity contribution >= 4 is 11.6 Å². The quantitative estimate of drug-likeness (QED) is 0.240. The van der Waals surface area contributed by atoms with Crippen LogP contribution in [0.5, 0.6) is 51.7 Å². The number of hydrogen-bond acceptors (Lipinski definition) is 10. The molecular formula is C31H24O10. The lowest BCUT2D eigenvalue weighted by molar-refractivity contribution is 0.0834. The van der Waals surface area contributed by atoms with Gasteiger partial charge in [0.15, 0.2) is 23.1 Å². The molecule has 0 fully saturated rings. The fourth-order valence-corrected chi connectivity index (χ4v) is 5.02. The molecule has 10 heteroatoms. The van der Waals surface area contributed by atoms with E-state index in [1.807, 2.05) is 0 Å². The SMILES string of the molecule is COc1cc(O)c2c(c1)OC(c1ccc(O)c(Oc3ccc(C4CC(=O)c5c(O)cc(O)cc5O4)cc3)c1)CC2=O. The number of hydrogen-bond donors (Lipinski definition) is 4. The van der Waals surface area contributed by atoms with Gasteiger partial charge in [0.2, 0.25) is 0 Å². The summed E-state index contributed by atoms with van der Waals surface area (Å²) >= 11 is 0. The second-order valence-corrected chi connectivity index (χ2v) is 9.72. The van der Waals surface area contributed by atoms with Gasteiger partial charge in [0.1, 0.15) is 63.6 Å². The highest BCUT2D eigenvalue weighted by Crippen LogP contribution is 2.44. The number of carbonyl (C=O) groups excluding carboxylic acids is 2. The predicted octanol–water partition coefficient (Wildman–Crippen LogP) is 5.72. The molecule has 0 saturated carbocycles. The molecule has 4 N–H and O–H groups in total. The normalized spacial score (nSPS) is 17.6. The third-order valence-electron chi connectivity index (χ3n) is 7.03. The number of methoxy groups -OCH3 is 1. The van der Waals surface area contributed by atoms with Crippen LogP contribution in [0, 0.1) is 0 Å². The standard InChI is InChI=1S/C31H24O10/c1-38-19-11-22(35)31-24(37)14-26(41-29(31)12-19)16-4-7-20(33)27(8-16)39-18-5-2-15(3-6-18)25-13-23(36)30-21(34)9-17(32)10-28(30)40-25/h2-12,25-26,32-35H,13-14H2,1H3. The average Bonchev–Trinajstić information content (AvgIpc) is 2.93. The highest BCUT2D eigenvalue weighted by atomic mass is 16.5. The molecule has 4 aromatic carbocycles. The van der Waals surface area contributed by atoms with Crippen molar-refractivity contribution in [3.8, 4) is 51.7 Å². The van der Waals surface area contributed by atoms with Crippen LogP contribution in [-0.4, -0.2) is 39.1 Å². The van der Waals surface area contributed by atoms with Crippen molar-refractivity contribution in [1.82, 2.24) is 0 Å². The Balaban J connectivity index is 1.20. The van der Waals surface area contributed by atoms with Crippen LogP contribution in [0.25, 0.3) is 0 Å². The fraction of sp³-hybridized carbons (Fsp3) is 0.161. The first-order valence-corrected chi connectivity index (χ1v) is 12.7. The van der Waals surface area contributed by atoms with Gasteiger partial charge in [-0.2, -0.15) is 0 Å². The van der Waals surface area contributed by atoms with Crippen molar-refractivity contribution in [2.45, 2.75) is 25.0 Å². The molecule has 2 heterocycles. The van der Waals surface area contributed by atoms with Gasteiger partial charge in [-0.3, -0.25) is 9.59 Å². The summed E-state index contributed by atoms with van der Waals surface area (Å²) in [5.41, 5.74) is 1.38. The molecule has 0 amide bonds. The lowest BCUT2D eigenvalue weighted by Gasteiger charge is -2.27. The summed E-state index contributed by atoms with van der Waals surface area (Å²) in [6, 6.07) is 16.6. The number of ketones is 2. The first-order chi connectivity index (χ1) is 19.7. The van der Waals surface area contributed by atoms with Crippen LogP contribution < -0.4 is 18.9 Å². The minimum atomic E-state index is -0.686. The molecule has 10 nitrogen and oxygen atoms in total. The largest absolute Gasteiger partial charge is 0.508 e. The molecule has 4 aromatic rings. The number of carbonyl (C=O) groups is 2. The third kappa shape index (κ3) is 4.80. The first kappa shape index (κ1) is 25.9. The Hall–Kier alpha value is -5.38. The lowest BCUT2D eigenvalue weighted by atomic mass is 9.95. The maximum absolute atomic E-state index is 12.8. The Kier molecular flexibility index (Phi) is 6.30. The van der Waals surface area contributed by atoms with Gasteiger partial charge >= 0.3 is 0 Å². The summed E-state index contributed by atoms with van der Waals surface area (Å²) in [6.07, 6.45) is -1.34. The highest BCUT2D eigenvalue weighted by Gasteiger charge is 2.32. The van der Waals surface area contributed by atoms with Crippen molar-refractivity contribution in [2.75, 3.05) is 7.11 Å². The number of phenolic OH excluding ortho intramolecular Hbond substituents is 4. The Morgan fingerprint density at radius 3 is 1.90 bits per heavy atom. The minimum absolute atomic E-state index is 0.00125. The zero-order valence-electron chi connectivity index (χ0n) is 21.7. The van der Waals surface area contributed by atoms with Gasteiger partial charge in [-0.15, -0.1) is 0 Å². The van der Waals surface area contributed by atoms with E-state index in [0.29, 0.717) is 22.6 Å². The van der Waals surface area contributed by atoms with Crippen molar-refractivity contribution < 1.29 is 49.0 Å². The van der Waals surface area contributed by atoms with E-state index in [1.165, 1.54) is 31.4 Å². The van der Waals surface area contributed by atoms with Crippen LogP contribution in [0.3, 0.4) is 0 Å². The van der Waals surface area contributed by atoms with Crippen LogP contribution in [0.4, 0.5) is 0 Å². The summed E-state index contributed by atoms with van der Waals surface area (Å²) in [4.78, 5) is 25.4. The van der Waals surface area contributed by atoms with E-state index in [0.717, 1.165) is 6.07 Å². The van der Waals surface area contributed by atoms with Crippen molar-refractivity contribution in [1.29, 1.82) is 0 Å². The van der Waals surface area contributed by atoms with Gasteiger partial charge in [-0.05, 0) is 35.4 Å². The number of ether oxygens (including phenoxy) is 4. The van der Waals surface area contributed by atoms with Crippen LogP contribution in [0.2, 0.25) is 0 Å². The van der Waals surface area contributed by atoms with Crippen LogP contribution in [0.1, 0.15) is 56.9 Å². The summed E-state index contributed by atoms with van der Waals surface area (Å²) in [5, 5.41) is 40.5. The van der Waals surface area contributed by atoms with Gasteiger partial charge in [0.05, 0.1) is 20.0 Å². The van der Waals surface area contributed by atoms with E-state index >= 15 is 0 Å². The van der Waals surface area contributed by atoms with Crippen LogP contribution in [0.15, 0.2) is 66.7 Å². The predicted molar refractivity (Wildman–Crippen MR) is 144 cm³/mol. The second kappa shape index (κ2) is 9.98. The van der Waals surface area contributed by atoms with Gasteiger partial charge in [-0.25, -0.2) is 0 Å². The van der Waals surface area contributed by atoms with E-state index in [9.17, 15) is 30.0 Å². The summed E-state index contributed by atoms with van der Waals surface area (Å²) < 4.78 is 23.0. The molecule has 41 heavy (non-hydrogen) atoms. The zero-order valence-corrected chi connectivity index (χ0v) is 21.7. The highest BCUT2D eigenvalue weighted by molar-refractivity contribution is 6.03. The molecule has 0 bridgehead atoms. The molecular weight excluding hydrogens is 532 g/mol. The lowest BCUT2D eigenvalue weighted by Crippen LogP contribution is -2.20.